The third-order valence-electron chi connectivity index (χ3n) is 2.01. The highest BCUT2D eigenvalue weighted by molar-refractivity contribution is 9.10. The van der Waals surface area contributed by atoms with Crippen LogP contribution in [0.1, 0.15) is 18.9 Å². The zero-order valence-corrected chi connectivity index (χ0v) is 11.2. The van der Waals surface area contributed by atoms with Crippen molar-refractivity contribution >= 4 is 31.6 Å². The fraction of sp³-hybridized carbons (Fsp3) is 0.400. The van der Waals surface area contributed by atoms with Crippen molar-refractivity contribution in [1.82, 2.24) is 0 Å². The monoisotopic (exact) mass is 291 g/mol. The maximum atomic E-state index is 11.5. The summed E-state index contributed by atoms with van der Waals surface area (Å²) >= 11 is 3.36. The first-order valence-corrected chi connectivity index (χ1v) is 7.16. The lowest BCUT2D eigenvalue weighted by atomic mass is 10.2. The Morgan fingerprint density at radius 1 is 1.40 bits per heavy atom. The lowest BCUT2D eigenvalue weighted by molar-refractivity contribution is 0.600. The summed E-state index contributed by atoms with van der Waals surface area (Å²) < 4.78 is 26.5. The van der Waals surface area contributed by atoms with E-state index in [1.807, 2.05) is 19.9 Å². The maximum Gasteiger partial charge on any atom is 0.232 e. The quantitative estimate of drug-likeness (QED) is 0.927. The molecule has 84 valence electrons. The topological polar surface area (TPSA) is 46.2 Å². The molecule has 0 aliphatic carbocycles. The van der Waals surface area contributed by atoms with Gasteiger partial charge in [0.25, 0.3) is 0 Å². The van der Waals surface area contributed by atoms with Gasteiger partial charge in [-0.15, -0.1) is 0 Å². The van der Waals surface area contributed by atoms with Gasteiger partial charge in [-0.1, -0.05) is 28.9 Å². The van der Waals surface area contributed by atoms with E-state index in [2.05, 4.69) is 20.7 Å². The Labute approximate surface area is 99.1 Å². The minimum absolute atomic E-state index is 0.152. The normalized spacial score (nSPS) is 11.4. The van der Waals surface area contributed by atoms with E-state index in [1.54, 1.807) is 12.1 Å². The van der Waals surface area contributed by atoms with Crippen molar-refractivity contribution in [3.05, 3.63) is 28.2 Å². The fourth-order valence-electron chi connectivity index (χ4n) is 1.21. The van der Waals surface area contributed by atoms with Gasteiger partial charge >= 0.3 is 0 Å². The van der Waals surface area contributed by atoms with E-state index in [4.69, 9.17) is 0 Å². The number of rotatable bonds is 4. The summed E-state index contributed by atoms with van der Waals surface area (Å²) in [6, 6.07) is 5.45. The first-order valence-electron chi connectivity index (χ1n) is 4.72. The van der Waals surface area contributed by atoms with Crippen LogP contribution in [0.15, 0.2) is 22.7 Å². The molecule has 3 nitrogen and oxygen atoms in total. The van der Waals surface area contributed by atoms with Crippen LogP contribution in [0.4, 0.5) is 5.69 Å². The number of hydrogen-bond donors (Lipinski definition) is 1. The second kappa shape index (κ2) is 4.99. The third kappa shape index (κ3) is 3.50. The molecule has 1 aromatic carbocycles. The van der Waals surface area contributed by atoms with Crippen molar-refractivity contribution < 1.29 is 8.42 Å². The SMILES string of the molecule is CCCS(=O)(=O)Nc1cccc(Br)c1C. The van der Waals surface area contributed by atoms with Crippen LogP contribution in [0.2, 0.25) is 0 Å². The van der Waals surface area contributed by atoms with Gasteiger partial charge in [-0.25, -0.2) is 8.42 Å². The molecule has 0 aromatic heterocycles. The molecule has 0 saturated carbocycles. The zero-order valence-electron chi connectivity index (χ0n) is 8.75. The summed E-state index contributed by atoms with van der Waals surface area (Å²) in [6.07, 6.45) is 0.613. The molecule has 0 saturated heterocycles. The van der Waals surface area contributed by atoms with Crippen LogP contribution in [0, 0.1) is 6.92 Å². The summed E-state index contributed by atoms with van der Waals surface area (Å²) in [6.45, 7) is 3.71. The van der Waals surface area contributed by atoms with Gasteiger partial charge in [-0.2, -0.15) is 0 Å². The molecule has 0 atom stereocenters. The lowest BCUT2D eigenvalue weighted by Crippen LogP contribution is -2.16. The van der Waals surface area contributed by atoms with E-state index in [0.29, 0.717) is 12.1 Å². The van der Waals surface area contributed by atoms with Gasteiger partial charge in [0.2, 0.25) is 10.0 Å². The molecule has 0 radical (unpaired) electrons. The largest absolute Gasteiger partial charge is 0.283 e. The van der Waals surface area contributed by atoms with Crippen molar-refractivity contribution in [3.63, 3.8) is 0 Å². The number of anilines is 1. The number of nitrogens with one attached hydrogen (secondary N) is 1. The highest BCUT2D eigenvalue weighted by Crippen LogP contribution is 2.24. The predicted octanol–water partition coefficient (Wildman–Crippen LogP) is 2.91. The van der Waals surface area contributed by atoms with Gasteiger partial charge in [0.05, 0.1) is 11.4 Å². The van der Waals surface area contributed by atoms with Crippen LogP contribution in [-0.4, -0.2) is 14.2 Å². The maximum absolute atomic E-state index is 11.5. The average Bonchev–Trinajstić information content (AvgIpc) is 2.12. The molecule has 1 N–H and O–H groups in total. The molecule has 0 aliphatic rings. The van der Waals surface area contributed by atoms with Gasteiger partial charge in [0, 0.05) is 4.47 Å². The Kier molecular flexibility index (Phi) is 4.16. The molecule has 0 aliphatic heterocycles. The molecule has 15 heavy (non-hydrogen) atoms. The molecule has 5 heteroatoms. The third-order valence-corrected chi connectivity index (χ3v) is 4.34. The van der Waals surface area contributed by atoms with Crippen LogP contribution in [-0.2, 0) is 10.0 Å². The van der Waals surface area contributed by atoms with E-state index in [0.717, 1.165) is 10.0 Å². The number of sulfonamides is 1. The highest BCUT2D eigenvalue weighted by Gasteiger charge is 2.10. The second-order valence-corrected chi connectivity index (χ2v) is 6.03. The van der Waals surface area contributed by atoms with Gasteiger partial charge in [-0.3, -0.25) is 4.72 Å². The Morgan fingerprint density at radius 2 is 2.07 bits per heavy atom. The Hall–Kier alpha value is -0.550. The van der Waals surface area contributed by atoms with Gasteiger partial charge < -0.3 is 0 Å². The molecular formula is C10H14BrNO2S. The summed E-state index contributed by atoms with van der Waals surface area (Å²) in [5.74, 6) is 0.152. The smallest absolute Gasteiger partial charge is 0.232 e. The molecule has 0 fully saturated rings. The van der Waals surface area contributed by atoms with E-state index in [-0.39, 0.29) is 5.75 Å². The van der Waals surface area contributed by atoms with Crippen molar-refractivity contribution in [2.45, 2.75) is 20.3 Å². The zero-order chi connectivity index (χ0) is 11.5. The second-order valence-electron chi connectivity index (χ2n) is 3.33. The fourth-order valence-corrected chi connectivity index (χ4v) is 2.77. The standard InChI is InChI=1S/C10H14BrNO2S/c1-3-7-15(13,14)12-10-6-4-5-9(11)8(10)2/h4-6,12H,3,7H2,1-2H3. The van der Waals surface area contributed by atoms with E-state index in [1.165, 1.54) is 0 Å². The van der Waals surface area contributed by atoms with E-state index >= 15 is 0 Å². The molecule has 0 heterocycles. The molecule has 1 aromatic rings. The molecule has 0 unspecified atom stereocenters. The van der Waals surface area contributed by atoms with Crippen LogP contribution < -0.4 is 4.72 Å². The van der Waals surface area contributed by atoms with Crippen LogP contribution >= 0.6 is 15.9 Å². The van der Waals surface area contributed by atoms with E-state index < -0.39 is 10.0 Å². The highest BCUT2D eigenvalue weighted by atomic mass is 79.9. The minimum atomic E-state index is -3.19. The van der Waals surface area contributed by atoms with Crippen molar-refractivity contribution in [3.8, 4) is 0 Å². The molecule has 0 spiro atoms. The van der Waals surface area contributed by atoms with Crippen LogP contribution in [0.25, 0.3) is 0 Å². The number of benzene rings is 1. The van der Waals surface area contributed by atoms with Crippen molar-refractivity contribution in [2.75, 3.05) is 10.5 Å². The molecular weight excluding hydrogens is 278 g/mol. The molecule has 0 bridgehead atoms. The number of hydrogen-bond acceptors (Lipinski definition) is 2. The first-order chi connectivity index (χ1) is 6.96. The first kappa shape index (κ1) is 12.5. The van der Waals surface area contributed by atoms with E-state index in [9.17, 15) is 8.42 Å². The summed E-state index contributed by atoms with van der Waals surface area (Å²) in [5, 5.41) is 0. The van der Waals surface area contributed by atoms with Gasteiger partial charge in [0.15, 0.2) is 0 Å². The van der Waals surface area contributed by atoms with Crippen LogP contribution in [0.5, 0.6) is 0 Å². The lowest BCUT2D eigenvalue weighted by Gasteiger charge is -2.10. The van der Waals surface area contributed by atoms with Crippen molar-refractivity contribution in [1.29, 1.82) is 0 Å². The Balaban J connectivity index is 2.95. The average molecular weight is 292 g/mol. The summed E-state index contributed by atoms with van der Waals surface area (Å²) in [7, 11) is -3.19. The summed E-state index contributed by atoms with van der Waals surface area (Å²) in [4.78, 5) is 0. The van der Waals surface area contributed by atoms with Gasteiger partial charge in [-0.05, 0) is 31.0 Å². The predicted molar refractivity (Wildman–Crippen MR) is 66.6 cm³/mol. The minimum Gasteiger partial charge on any atom is -0.283 e. The van der Waals surface area contributed by atoms with Crippen LogP contribution in [0.3, 0.4) is 0 Å². The molecule has 1 rings (SSSR count). The Morgan fingerprint density at radius 3 is 2.67 bits per heavy atom. The van der Waals surface area contributed by atoms with Crippen molar-refractivity contribution in [2.24, 2.45) is 0 Å². The summed E-state index contributed by atoms with van der Waals surface area (Å²) in [5.41, 5.74) is 1.54. The number of halogens is 1. The van der Waals surface area contributed by atoms with Gasteiger partial charge in [0.1, 0.15) is 0 Å². The Bertz CT molecular complexity index is 443. The molecule has 0 amide bonds.